The molecular formula is C13H20N5O15P3. The summed E-state index contributed by atoms with van der Waals surface area (Å²) in [5.41, 5.74) is -1.28. The predicted octanol–water partition coefficient (Wildman–Crippen LogP) is -2.55. The first kappa shape index (κ1) is 28.7. The molecule has 0 saturated carbocycles. The molecule has 1 fully saturated rings. The predicted molar refractivity (Wildman–Crippen MR) is 111 cm³/mol. The van der Waals surface area contributed by atoms with Crippen LogP contribution in [0.4, 0.5) is 0 Å². The van der Waals surface area contributed by atoms with Gasteiger partial charge in [-0.3, -0.25) is 18.9 Å². The van der Waals surface area contributed by atoms with Crippen molar-refractivity contribution in [2.45, 2.75) is 38.0 Å². The van der Waals surface area contributed by atoms with Crippen LogP contribution in [0.1, 0.15) is 17.5 Å². The normalized spacial score (nSPS) is 26.0. The van der Waals surface area contributed by atoms with E-state index in [0.29, 0.717) is 5.69 Å². The lowest BCUT2D eigenvalue weighted by molar-refractivity contribution is -0.0543. The van der Waals surface area contributed by atoms with Gasteiger partial charge in [0.15, 0.2) is 6.23 Å². The minimum absolute atomic E-state index is 0.0125. The molecule has 7 N–H and O–H groups in total. The van der Waals surface area contributed by atoms with Crippen molar-refractivity contribution in [3.05, 3.63) is 44.5 Å². The molecule has 36 heavy (non-hydrogen) atoms. The van der Waals surface area contributed by atoms with Crippen molar-refractivity contribution in [2.75, 3.05) is 6.61 Å². The molecule has 1 aliphatic heterocycles. The third kappa shape index (κ3) is 7.33. The number of ether oxygens (including phenoxy) is 1. The molecule has 1 saturated heterocycles. The molecule has 1 aliphatic rings. The molecular weight excluding hydrogens is 559 g/mol. The fourth-order valence-corrected chi connectivity index (χ4v) is 6.07. The van der Waals surface area contributed by atoms with Gasteiger partial charge in [-0.25, -0.2) is 23.2 Å². The van der Waals surface area contributed by atoms with Gasteiger partial charge in [-0.15, -0.1) is 5.10 Å². The van der Waals surface area contributed by atoms with Gasteiger partial charge in [0, 0.05) is 12.4 Å². The number of nitrogens with one attached hydrogen (secondary N) is 1. The van der Waals surface area contributed by atoms with Gasteiger partial charge in [-0.1, -0.05) is 5.21 Å². The number of hydrogen-bond acceptors (Lipinski definition) is 13. The van der Waals surface area contributed by atoms with Crippen LogP contribution >= 0.6 is 23.5 Å². The van der Waals surface area contributed by atoms with E-state index < -0.39 is 65.9 Å². The highest BCUT2D eigenvalue weighted by atomic mass is 31.3. The number of phosphoric ester groups is 1. The van der Waals surface area contributed by atoms with Crippen LogP contribution in [0.25, 0.3) is 0 Å². The van der Waals surface area contributed by atoms with Gasteiger partial charge in [0.25, 0.3) is 5.56 Å². The van der Waals surface area contributed by atoms with E-state index in [0.717, 1.165) is 10.8 Å². The summed E-state index contributed by atoms with van der Waals surface area (Å²) in [6.07, 6.45) is -4.39. The monoisotopic (exact) mass is 579 g/mol. The zero-order valence-corrected chi connectivity index (χ0v) is 20.5. The fourth-order valence-electron chi connectivity index (χ4n) is 3.04. The number of aromatic nitrogens is 5. The van der Waals surface area contributed by atoms with Crippen LogP contribution in [0.2, 0.25) is 0 Å². The van der Waals surface area contributed by atoms with Gasteiger partial charge in [-0.2, -0.15) is 8.62 Å². The number of nitrogens with zero attached hydrogens (tertiary/aromatic N) is 4. The molecule has 0 radical (unpaired) electrons. The van der Waals surface area contributed by atoms with Crippen LogP contribution in [-0.2, 0) is 38.1 Å². The minimum Gasteiger partial charge on any atom is -0.387 e. The molecule has 2 aromatic rings. The van der Waals surface area contributed by atoms with Crippen LogP contribution in [-0.4, -0.2) is 79.3 Å². The van der Waals surface area contributed by atoms with Crippen LogP contribution in [0.15, 0.2) is 22.0 Å². The van der Waals surface area contributed by atoms with E-state index in [4.69, 9.17) is 19.4 Å². The first-order valence-electron chi connectivity index (χ1n) is 9.47. The molecule has 3 unspecified atom stereocenters. The number of aromatic amines is 1. The Labute approximate surface area is 199 Å². The Hall–Kier alpha value is -1.89. The lowest BCUT2D eigenvalue weighted by Crippen LogP contribution is -2.39. The molecule has 0 aromatic carbocycles. The minimum atomic E-state index is -5.77. The van der Waals surface area contributed by atoms with Crippen molar-refractivity contribution < 1.29 is 61.4 Å². The fraction of sp³-hybridized carbons (Fsp3) is 0.538. The van der Waals surface area contributed by atoms with E-state index in [1.807, 2.05) is 4.98 Å². The largest absolute Gasteiger partial charge is 0.490 e. The Bertz CT molecular complexity index is 1370. The summed E-state index contributed by atoms with van der Waals surface area (Å²) >= 11 is 0. The first-order chi connectivity index (χ1) is 16.5. The zero-order valence-electron chi connectivity index (χ0n) is 17.9. The molecule has 20 nitrogen and oxygen atoms in total. The maximum atomic E-state index is 12.3. The van der Waals surface area contributed by atoms with Gasteiger partial charge < -0.3 is 34.5 Å². The highest BCUT2D eigenvalue weighted by molar-refractivity contribution is 7.66. The third-order valence-corrected chi connectivity index (χ3v) is 8.26. The number of H-pyrrole nitrogens is 1. The van der Waals surface area contributed by atoms with Gasteiger partial charge >= 0.3 is 29.2 Å². The first-order valence-corrected chi connectivity index (χ1v) is 14.0. The molecule has 0 spiro atoms. The number of aliphatic hydroxyl groups is 2. The maximum absolute atomic E-state index is 12.3. The van der Waals surface area contributed by atoms with Crippen molar-refractivity contribution in [2.24, 2.45) is 0 Å². The average Bonchev–Trinajstić information content (AvgIpc) is 3.23. The van der Waals surface area contributed by atoms with Gasteiger partial charge in [0.05, 0.1) is 24.4 Å². The number of phosphoric acid groups is 3. The maximum Gasteiger partial charge on any atom is 0.490 e. The van der Waals surface area contributed by atoms with Gasteiger partial charge in [-0.05, 0) is 6.92 Å². The Morgan fingerprint density at radius 1 is 1.06 bits per heavy atom. The van der Waals surface area contributed by atoms with Crippen LogP contribution in [0.3, 0.4) is 0 Å². The van der Waals surface area contributed by atoms with Crippen molar-refractivity contribution in [3.8, 4) is 0 Å². The second kappa shape index (κ2) is 10.5. The van der Waals surface area contributed by atoms with Crippen molar-refractivity contribution in [1.29, 1.82) is 0 Å². The topological polar surface area (TPSA) is 295 Å². The summed E-state index contributed by atoms with van der Waals surface area (Å²) in [5, 5.41) is 28.1. The lowest BCUT2D eigenvalue weighted by Gasteiger charge is -2.19. The number of hydrogen-bond donors (Lipinski definition) is 7. The second-order valence-corrected chi connectivity index (χ2v) is 11.7. The van der Waals surface area contributed by atoms with Crippen molar-refractivity contribution in [1.82, 2.24) is 24.5 Å². The van der Waals surface area contributed by atoms with E-state index in [1.165, 1.54) is 10.9 Å². The average molecular weight is 579 g/mol. The molecule has 2 aromatic heterocycles. The third-order valence-electron chi connectivity index (χ3n) is 4.46. The van der Waals surface area contributed by atoms with Crippen LogP contribution in [0, 0.1) is 6.92 Å². The highest BCUT2D eigenvalue weighted by Gasteiger charge is 2.46. The zero-order chi connectivity index (χ0) is 27.1. The summed E-state index contributed by atoms with van der Waals surface area (Å²) in [4.78, 5) is 62.2. The molecule has 6 atom stereocenters. The summed E-state index contributed by atoms with van der Waals surface area (Å²) in [7, 11) is -16.9. The van der Waals surface area contributed by atoms with E-state index in [2.05, 4.69) is 23.5 Å². The molecule has 23 heteroatoms. The summed E-state index contributed by atoms with van der Waals surface area (Å²) in [6.45, 7) is 0.445. The smallest absolute Gasteiger partial charge is 0.387 e. The Kier molecular flexibility index (Phi) is 8.34. The molecule has 0 bridgehead atoms. The molecule has 202 valence electrons. The molecule has 3 heterocycles. The number of aliphatic hydroxyl groups excluding tert-OH is 2. The standard InChI is InChI=1S/C13H20N5O15P3/c1-6-2-17(16-15-6)3-7-4-18(13(22)14-11(7)21)12-10(20)9(19)8(31-12)5-30-35(26,27)33-36(28,29)32-34(23,24)25/h2,4,8-10,12,19-20H,3,5H2,1H3,(H,26,27)(H,28,29)(H,14,21,22)(H2,23,24,25)/t8-,9?,10+,12-/m1/s1. The van der Waals surface area contributed by atoms with Crippen LogP contribution in [0.5, 0.6) is 0 Å². The summed E-state index contributed by atoms with van der Waals surface area (Å²) < 4.78 is 52.7. The highest BCUT2D eigenvalue weighted by Crippen LogP contribution is 2.66. The summed E-state index contributed by atoms with van der Waals surface area (Å²) in [6, 6.07) is 0. The molecule has 3 rings (SSSR count). The Balaban J connectivity index is 1.73. The van der Waals surface area contributed by atoms with E-state index in [9.17, 15) is 38.4 Å². The van der Waals surface area contributed by atoms with E-state index in [-0.39, 0.29) is 12.1 Å². The van der Waals surface area contributed by atoms with Gasteiger partial charge in [0.2, 0.25) is 0 Å². The Morgan fingerprint density at radius 3 is 2.31 bits per heavy atom. The Morgan fingerprint density at radius 2 is 1.72 bits per heavy atom. The number of aryl methyl sites for hydroxylation is 1. The van der Waals surface area contributed by atoms with E-state index in [1.54, 1.807) is 6.92 Å². The van der Waals surface area contributed by atoms with Crippen molar-refractivity contribution in [3.63, 3.8) is 0 Å². The molecule has 0 amide bonds. The molecule has 0 aliphatic carbocycles. The van der Waals surface area contributed by atoms with Gasteiger partial charge in [0.1, 0.15) is 18.3 Å². The quantitative estimate of drug-likeness (QED) is 0.142. The SMILES string of the molecule is Cc1cn(Cc2cn([C@@H]3O[C@H](COP(=O)(O)OP(=O)(O)OP(=O)(O)O)C(O)[C@@H]3O)c(=O)[nH]c2=O)nn1. The second-order valence-electron chi connectivity index (χ2n) is 7.31. The van der Waals surface area contributed by atoms with Crippen molar-refractivity contribution >= 4 is 23.5 Å². The van der Waals surface area contributed by atoms with E-state index >= 15 is 0 Å². The summed E-state index contributed by atoms with van der Waals surface area (Å²) in [5.74, 6) is 0. The number of rotatable bonds is 10. The van der Waals surface area contributed by atoms with Crippen LogP contribution < -0.4 is 11.2 Å². The lowest BCUT2D eigenvalue weighted by atomic mass is 10.1.